The maximum atomic E-state index is 12.5. The standard InChI is InChI=1S/C17H17NOS/c1-10-5-6-14(7-11(10)2)15(9-18)17(19)16-8-12(3)13(4)20-16/h5-8,15H,1-4H3. The summed E-state index contributed by atoms with van der Waals surface area (Å²) in [5.41, 5.74) is 4.16. The SMILES string of the molecule is Cc1ccc(C(C#N)C(=O)c2cc(C)c(C)s2)cc1C. The van der Waals surface area contributed by atoms with Gasteiger partial charge in [0.05, 0.1) is 10.9 Å². The van der Waals surface area contributed by atoms with Crippen LogP contribution in [0.2, 0.25) is 0 Å². The Kier molecular flexibility index (Phi) is 4.06. The molecule has 2 rings (SSSR count). The van der Waals surface area contributed by atoms with Crippen LogP contribution in [0.25, 0.3) is 0 Å². The lowest BCUT2D eigenvalue weighted by atomic mass is 9.92. The van der Waals surface area contributed by atoms with Gasteiger partial charge in [-0.1, -0.05) is 18.2 Å². The van der Waals surface area contributed by atoms with Gasteiger partial charge in [-0.05, 0) is 56.0 Å². The molecule has 0 saturated carbocycles. The molecule has 20 heavy (non-hydrogen) atoms. The fourth-order valence-corrected chi connectivity index (χ4v) is 3.07. The summed E-state index contributed by atoms with van der Waals surface area (Å²) < 4.78 is 0. The van der Waals surface area contributed by atoms with Gasteiger partial charge in [-0.2, -0.15) is 5.26 Å². The fraction of sp³-hybridized carbons (Fsp3) is 0.294. The summed E-state index contributed by atoms with van der Waals surface area (Å²) in [4.78, 5) is 14.3. The Morgan fingerprint density at radius 2 is 1.80 bits per heavy atom. The molecule has 1 unspecified atom stereocenters. The summed E-state index contributed by atoms with van der Waals surface area (Å²) in [6, 6.07) is 9.81. The Bertz CT molecular complexity index is 687. The first-order chi connectivity index (χ1) is 9.43. The number of ketones is 1. The predicted octanol–water partition coefficient (Wildman–Crippen LogP) is 4.47. The topological polar surface area (TPSA) is 40.9 Å². The van der Waals surface area contributed by atoms with Crippen molar-refractivity contribution in [2.24, 2.45) is 0 Å². The van der Waals surface area contributed by atoms with E-state index in [2.05, 4.69) is 6.07 Å². The molecular weight excluding hydrogens is 266 g/mol. The van der Waals surface area contributed by atoms with Gasteiger partial charge >= 0.3 is 0 Å². The van der Waals surface area contributed by atoms with Gasteiger partial charge in [0.2, 0.25) is 0 Å². The Hall–Kier alpha value is -1.92. The molecule has 1 atom stereocenters. The third-order valence-electron chi connectivity index (χ3n) is 3.66. The highest BCUT2D eigenvalue weighted by molar-refractivity contribution is 7.14. The number of rotatable bonds is 3. The number of nitriles is 1. The molecule has 0 spiro atoms. The number of Topliss-reactive ketones (excluding diaryl/α,β-unsaturated/α-hetero) is 1. The van der Waals surface area contributed by atoms with Gasteiger partial charge in [-0.25, -0.2) is 0 Å². The highest BCUT2D eigenvalue weighted by Crippen LogP contribution is 2.28. The van der Waals surface area contributed by atoms with Crippen LogP contribution in [0.5, 0.6) is 0 Å². The molecule has 3 heteroatoms. The van der Waals surface area contributed by atoms with Gasteiger partial charge in [0, 0.05) is 4.88 Å². The quantitative estimate of drug-likeness (QED) is 0.780. The van der Waals surface area contributed by atoms with Gasteiger partial charge in [-0.15, -0.1) is 11.3 Å². The molecule has 0 aliphatic heterocycles. The second-order valence-corrected chi connectivity index (χ2v) is 6.38. The molecule has 0 aliphatic rings. The Morgan fingerprint density at radius 3 is 2.30 bits per heavy atom. The summed E-state index contributed by atoms with van der Waals surface area (Å²) >= 11 is 1.47. The summed E-state index contributed by atoms with van der Waals surface area (Å²) in [5, 5.41) is 9.38. The lowest BCUT2D eigenvalue weighted by Crippen LogP contribution is -2.10. The highest BCUT2D eigenvalue weighted by atomic mass is 32.1. The minimum Gasteiger partial charge on any atom is -0.291 e. The molecule has 0 fully saturated rings. The molecule has 0 amide bonds. The normalized spacial score (nSPS) is 11.9. The van der Waals surface area contributed by atoms with Crippen LogP contribution in [0.4, 0.5) is 0 Å². The number of carbonyl (C=O) groups excluding carboxylic acids is 1. The molecule has 2 nitrogen and oxygen atoms in total. The van der Waals surface area contributed by atoms with Gasteiger partial charge in [0.25, 0.3) is 0 Å². The largest absolute Gasteiger partial charge is 0.291 e. The van der Waals surface area contributed by atoms with Crippen LogP contribution in [-0.4, -0.2) is 5.78 Å². The minimum absolute atomic E-state index is 0.100. The number of carbonyl (C=O) groups is 1. The van der Waals surface area contributed by atoms with E-state index >= 15 is 0 Å². The second-order valence-electron chi connectivity index (χ2n) is 5.12. The summed E-state index contributed by atoms with van der Waals surface area (Å²) in [6.07, 6.45) is 0. The highest BCUT2D eigenvalue weighted by Gasteiger charge is 2.23. The van der Waals surface area contributed by atoms with Gasteiger partial charge < -0.3 is 0 Å². The van der Waals surface area contributed by atoms with Crippen LogP contribution in [0, 0.1) is 39.0 Å². The first kappa shape index (κ1) is 14.5. The molecule has 0 aliphatic carbocycles. The Balaban J connectivity index is 2.39. The molecule has 0 radical (unpaired) electrons. The second kappa shape index (κ2) is 5.60. The third-order valence-corrected chi connectivity index (χ3v) is 4.83. The van der Waals surface area contributed by atoms with Crippen LogP contribution >= 0.6 is 11.3 Å². The van der Waals surface area contributed by atoms with Crippen molar-refractivity contribution in [1.82, 2.24) is 0 Å². The van der Waals surface area contributed by atoms with Gasteiger partial charge in [0.1, 0.15) is 5.92 Å². The molecule has 0 bridgehead atoms. The minimum atomic E-state index is -0.716. The van der Waals surface area contributed by atoms with Crippen LogP contribution in [0.3, 0.4) is 0 Å². The fourth-order valence-electron chi connectivity index (χ4n) is 2.07. The van der Waals surface area contributed by atoms with Crippen LogP contribution in [0.1, 0.15) is 42.7 Å². The average Bonchev–Trinajstić information content (AvgIpc) is 2.74. The zero-order valence-electron chi connectivity index (χ0n) is 12.2. The van der Waals surface area contributed by atoms with Crippen molar-refractivity contribution in [3.8, 4) is 6.07 Å². The van der Waals surface area contributed by atoms with E-state index < -0.39 is 5.92 Å². The van der Waals surface area contributed by atoms with Crippen molar-refractivity contribution < 1.29 is 4.79 Å². The maximum Gasteiger partial charge on any atom is 0.194 e. The number of thiophene rings is 1. The van der Waals surface area contributed by atoms with Crippen LogP contribution < -0.4 is 0 Å². The van der Waals surface area contributed by atoms with Crippen molar-refractivity contribution in [1.29, 1.82) is 5.26 Å². The van der Waals surface area contributed by atoms with Crippen molar-refractivity contribution in [3.05, 3.63) is 56.3 Å². The molecule has 0 N–H and O–H groups in total. The number of aryl methyl sites for hydroxylation is 4. The van der Waals surface area contributed by atoms with E-state index in [0.29, 0.717) is 4.88 Å². The first-order valence-electron chi connectivity index (χ1n) is 6.52. The third kappa shape index (κ3) is 2.66. The van der Waals surface area contributed by atoms with E-state index in [1.807, 2.05) is 52.0 Å². The van der Waals surface area contributed by atoms with Crippen molar-refractivity contribution in [3.63, 3.8) is 0 Å². The zero-order valence-corrected chi connectivity index (χ0v) is 13.0. The monoisotopic (exact) mass is 283 g/mol. The molecular formula is C17H17NOS. The number of benzene rings is 1. The van der Waals surface area contributed by atoms with E-state index in [0.717, 1.165) is 21.6 Å². The lowest BCUT2D eigenvalue weighted by molar-refractivity contribution is 0.0982. The Morgan fingerprint density at radius 1 is 1.10 bits per heavy atom. The number of hydrogen-bond donors (Lipinski definition) is 0. The molecule has 1 heterocycles. The van der Waals surface area contributed by atoms with Crippen molar-refractivity contribution in [2.75, 3.05) is 0 Å². The van der Waals surface area contributed by atoms with Crippen LogP contribution in [0.15, 0.2) is 24.3 Å². The molecule has 102 valence electrons. The van der Waals surface area contributed by atoms with E-state index in [1.54, 1.807) is 0 Å². The zero-order chi connectivity index (χ0) is 14.9. The summed E-state index contributed by atoms with van der Waals surface area (Å²) in [7, 11) is 0. The number of hydrogen-bond acceptors (Lipinski definition) is 3. The molecule has 0 saturated heterocycles. The molecule has 1 aromatic carbocycles. The van der Waals surface area contributed by atoms with E-state index in [1.165, 1.54) is 16.9 Å². The molecule has 1 aromatic heterocycles. The van der Waals surface area contributed by atoms with E-state index in [-0.39, 0.29) is 5.78 Å². The smallest absolute Gasteiger partial charge is 0.194 e. The Labute approximate surface area is 123 Å². The van der Waals surface area contributed by atoms with Crippen LogP contribution in [-0.2, 0) is 0 Å². The van der Waals surface area contributed by atoms with Crippen molar-refractivity contribution >= 4 is 17.1 Å². The first-order valence-corrected chi connectivity index (χ1v) is 7.33. The lowest BCUT2D eigenvalue weighted by Gasteiger charge is -2.09. The average molecular weight is 283 g/mol. The molecule has 2 aromatic rings. The number of nitrogens with zero attached hydrogens (tertiary/aromatic N) is 1. The van der Waals surface area contributed by atoms with Gasteiger partial charge in [0.15, 0.2) is 5.78 Å². The van der Waals surface area contributed by atoms with E-state index in [9.17, 15) is 10.1 Å². The summed E-state index contributed by atoms with van der Waals surface area (Å²) in [6.45, 7) is 8.00. The van der Waals surface area contributed by atoms with E-state index in [4.69, 9.17) is 0 Å². The summed E-state index contributed by atoms with van der Waals surface area (Å²) in [5.74, 6) is -0.816. The predicted molar refractivity (Wildman–Crippen MR) is 82.4 cm³/mol. The van der Waals surface area contributed by atoms with Crippen molar-refractivity contribution in [2.45, 2.75) is 33.6 Å². The van der Waals surface area contributed by atoms with Gasteiger partial charge in [-0.3, -0.25) is 4.79 Å². The maximum absolute atomic E-state index is 12.5.